The van der Waals surface area contributed by atoms with Crippen molar-refractivity contribution in [3.05, 3.63) is 65.8 Å². The predicted octanol–water partition coefficient (Wildman–Crippen LogP) is 3.98. The van der Waals surface area contributed by atoms with Crippen LogP contribution in [0.3, 0.4) is 0 Å². The average molecular weight is 479 g/mol. The monoisotopic (exact) mass is 478 g/mol. The van der Waals surface area contributed by atoms with Gasteiger partial charge in [-0.05, 0) is 42.5 Å². The van der Waals surface area contributed by atoms with Gasteiger partial charge >= 0.3 is 0 Å². The number of hydrogen-bond donors (Lipinski definition) is 2. The van der Waals surface area contributed by atoms with Crippen LogP contribution in [0.5, 0.6) is 0 Å². The largest absolute Gasteiger partial charge is 0.360 e. The highest BCUT2D eigenvalue weighted by atomic mass is 35.5. The normalized spacial score (nSPS) is 13.9. The zero-order chi connectivity index (χ0) is 23.7. The van der Waals surface area contributed by atoms with Gasteiger partial charge in [0.2, 0.25) is 11.9 Å². The maximum atomic E-state index is 13.5. The van der Waals surface area contributed by atoms with Gasteiger partial charge < -0.3 is 20.4 Å². The number of rotatable bonds is 5. The first-order valence-electron chi connectivity index (χ1n) is 10.5. The van der Waals surface area contributed by atoms with Crippen LogP contribution in [-0.2, 0) is 4.79 Å². The number of anilines is 5. The van der Waals surface area contributed by atoms with Crippen molar-refractivity contribution >= 4 is 57.4 Å². The molecule has 4 aromatic rings. The number of carbonyl (C=O) groups excluding carboxylic acids is 1. The van der Waals surface area contributed by atoms with E-state index in [9.17, 15) is 9.18 Å². The van der Waals surface area contributed by atoms with E-state index in [0.29, 0.717) is 41.6 Å². The summed E-state index contributed by atoms with van der Waals surface area (Å²) >= 11 is 5.88. The Hall–Kier alpha value is -4.05. The number of fused-ring (bicyclic) bond motifs is 1. The summed E-state index contributed by atoms with van der Waals surface area (Å²) in [6.07, 6.45) is 2.99. The highest BCUT2D eigenvalue weighted by molar-refractivity contribution is 6.31. The third-order valence-corrected chi connectivity index (χ3v) is 5.80. The Morgan fingerprint density at radius 3 is 2.56 bits per heavy atom. The third kappa shape index (κ3) is 4.53. The molecule has 2 aromatic heterocycles. The Bertz CT molecular complexity index is 1370. The van der Waals surface area contributed by atoms with E-state index < -0.39 is 5.82 Å². The summed E-state index contributed by atoms with van der Waals surface area (Å²) in [5.74, 6) is 0.407. The number of nitrogens with zero attached hydrogens (tertiary/aromatic N) is 6. The summed E-state index contributed by atoms with van der Waals surface area (Å²) < 4.78 is 13.5. The molecule has 0 saturated carbocycles. The zero-order valence-corrected chi connectivity index (χ0v) is 18.9. The van der Waals surface area contributed by atoms with E-state index >= 15 is 0 Å². The highest BCUT2D eigenvalue weighted by Crippen LogP contribution is 2.26. The standard InChI is InChI=1S/C23H20ClFN8O/c1-32-8-9-33(12-20(32)34)16-5-2-14(3-6-16)30-23-26-11-19-21(31-23)22(28-13-27-19)29-15-4-7-18(25)17(24)10-15/h2-7,10-11,13H,8-9,12H2,1H3,(H,26,30,31)(H,27,28,29). The number of likely N-dealkylation sites (N-methyl/N-ethyl adjacent to an activating group) is 1. The topological polar surface area (TPSA) is 99.2 Å². The SMILES string of the molecule is CN1CCN(c2ccc(Nc3ncc4ncnc(Nc5ccc(F)c(Cl)c5)c4n3)cc2)CC1=O. The molecule has 1 aliphatic rings. The molecule has 0 radical (unpaired) electrons. The number of amides is 1. The molecule has 1 saturated heterocycles. The Morgan fingerprint density at radius 1 is 1.00 bits per heavy atom. The van der Waals surface area contributed by atoms with Crippen LogP contribution in [0.4, 0.5) is 33.2 Å². The van der Waals surface area contributed by atoms with Gasteiger partial charge in [-0.2, -0.15) is 0 Å². The number of benzene rings is 2. The van der Waals surface area contributed by atoms with Gasteiger partial charge in [0, 0.05) is 37.2 Å². The molecule has 0 spiro atoms. The maximum absolute atomic E-state index is 13.5. The number of nitrogens with one attached hydrogen (secondary N) is 2. The number of hydrogen-bond acceptors (Lipinski definition) is 8. The van der Waals surface area contributed by atoms with Crippen LogP contribution < -0.4 is 15.5 Å². The van der Waals surface area contributed by atoms with Gasteiger partial charge in [0.1, 0.15) is 23.2 Å². The number of aromatic nitrogens is 4. The second kappa shape index (κ2) is 9.06. The van der Waals surface area contributed by atoms with Crippen molar-refractivity contribution < 1.29 is 9.18 Å². The second-order valence-corrected chi connectivity index (χ2v) is 8.22. The lowest BCUT2D eigenvalue weighted by Crippen LogP contribution is -2.48. The molecule has 0 aliphatic carbocycles. The molecule has 1 fully saturated rings. The maximum Gasteiger partial charge on any atom is 0.241 e. The van der Waals surface area contributed by atoms with E-state index in [1.165, 1.54) is 18.5 Å². The van der Waals surface area contributed by atoms with E-state index in [-0.39, 0.29) is 10.9 Å². The molecular weight excluding hydrogens is 459 g/mol. The summed E-state index contributed by atoms with van der Waals surface area (Å²) in [4.78, 5) is 33.1. The lowest BCUT2D eigenvalue weighted by Gasteiger charge is -2.33. The van der Waals surface area contributed by atoms with Crippen LogP contribution in [0, 0.1) is 5.82 Å². The van der Waals surface area contributed by atoms with E-state index in [4.69, 9.17) is 11.6 Å². The Morgan fingerprint density at radius 2 is 1.79 bits per heavy atom. The predicted molar refractivity (Wildman–Crippen MR) is 129 cm³/mol. The van der Waals surface area contributed by atoms with E-state index in [2.05, 4.69) is 35.5 Å². The van der Waals surface area contributed by atoms with Gasteiger partial charge in [0.05, 0.1) is 17.8 Å². The molecule has 1 aliphatic heterocycles. The van der Waals surface area contributed by atoms with E-state index in [1.807, 2.05) is 31.3 Å². The molecule has 34 heavy (non-hydrogen) atoms. The molecule has 3 heterocycles. The smallest absolute Gasteiger partial charge is 0.241 e. The lowest BCUT2D eigenvalue weighted by atomic mass is 10.2. The molecule has 0 atom stereocenters. The molecule has 2 aromatic carbocycles. The summed E-state index contributed by atoms with van der Waals surface area (Å²) in [6.45, 7) is 1.86. The van der Waals surface area contributed by atoms with Crippen molar-refractivity contribution in [1.29, 1.82) is 0 Å². The van der Waals surface area contributed by atoms with Gasteiger partial charge in [-0.3, -0.25) is 4.79 Å². The van der Waals surface area contributed by atoms with Crippen LogP contribution >= 0.6 is 11.6 Å². The van der Waals surface area contributed by atoms with Crippen molar-refractivity contribution in [2.24, 2.45) is 0 Å². The Balaban J connectivity index is 1.35. The fourth-order valence-electron chi connectivity index (χ4n) is 3.58. The molecule has 172 valence electrons. The van der Waals surface area contributed by atoms with Gasteiger partial charge in [0.15, 0.2) is 5.82 Å². The quantitative estimate of drug-likeness (QED) is 0.444. The van der Waals surface area contributed by atoms with Crippen LogP contribution in [0.25, 0.3) is 11.0 Å². The van der Waals surface area contributed by atoms with Crippen LogP contribution in [0.15, 0.2) is 55.0 Å². The highest BCUT2D eigenvalue weighted by Gasteiger charge is 2.21. The number of halogens is 2. The van der Waals surface area contributed by atoms with Gasteiger partial charge in [-0.15, -0.1) is 0 Å². The minimum absolute atomic E-state index is 0.00438. The lowest BCUT2D eigenvalue weighted by molar-refractivity contribution is -0.129. The number of carbonyl (C=O) groups is 1. The fraction of sp³-hybridized carbons (Fsp3) is 0.174. The number of piperazine rings is 1. The molecule has 2 N–H and O–H groups in total. The summed E-state index contributed by atoms with van der Waals surface area (Å²) in [5.41, 5.74) is 3.38. The van der Waals surface area contributed by atoms with Crippen molar-refractivity contribution in [2.75, 3.05) is 42.2 Å². The minimum Gasteiger partial charge on any atom is -0.360 e. The fourth-order valence-corrected chi connectivity index (χ4v) is 3.76. The van der Waals surface area contributed by atoms with Crippen LogP contribution in [0.2, 0.25) is 5.02 Å². The molecular formula is C23H20ClFN8O. The van der Waals surface area contributed by atoms with Crippen molar-refractivity contribution in [2.45, 2.75) is 0 Å². The van der Waals surface area contributed by atoms with Crippen molar-refractivity contribution in [1.82, 2.24) is 24.8 Å². The molecule has 5 rings (SSSR count). The average Bonchev–Trinajstić information content (AvgIpc) is 2.84. The summed E-state index contributed by atoms with van der Waals surface area (Å²) in [5, 5.41) is 6.28. The first kappa shape index (κ1) is 21.8. The molecule has 11 heteroatoms. The van der Waals surface area contributed by atoms with Gasteiger partial charge in [-0.1, -0.05) is 11.6 Å². The van der Waals surface area contributed by atoms with Crippen molar-refractivity contribution in [3.8, 4) is 0 Å². The Labute approximate surface area is 199 Å². The first-order valence-corrected chi connectivity index (χ1v) is 10.9. The third-order valence-electron chi connectivity index (χ3n) is 5.51. The van der Waals surface area contributed by atoms with Crippen LogP contribution in [-0.4, -0.2) is 57.4 Å². The van der Waals surface area contributed by atoms with Crippen molar-refractivity contribution in [3.63, 3.8) is 0 Å². The van der Waals surface area contributed by atoms with Crippen LogP contribution in [0.1, 0.15) is 0 Å². The van der Waals surface area contributed by atoms with Gasteiger partial charge in [-0.25, -0.2) is 24.3 Å². The molecule has 9 nitrogen and oxygen atoms in total. The summed E-state index contributed by atoms with van der Waals surface area (Å²) in [6, 6.07) is 12.0. The minimum atomic E-state index is -0.501. The second-order valence-electron chi connectivity index (χ2n) is 7.81. The molecule has 1 amide bonds. The molecule has 0 bridgehead atoms. The zero-order valence-electron chi connectivity index (χ0n) is 18.2. The van der Waals surface area contributed by atoms with Gasteiger partial charge in [0.25, 0.3) is 0 Å². The first-order chi connectivity index (χ1) is 16.5. The molecule has 0 unspecified atom stereocenters. The Kier molecular flexibility index (Phi) is 5.81. The summed E-state index contributed by atoms with van der Waals surface area (Å²) in [7, 11) is 1.82. The van der Waals surface area contributed by atoms with E-state index in [1.54, 1.807) is 17.2 Å². The van der Waals surface area contributed by atoms with E-state index in [0.717, 1.165) is 17.9 Å².